The van der Waals surface area contributed by atoms with Gasteiger partial charge in [0.2, 0.25) is 15.9 Å². The molecule has 2 fully saturated rings. The summed E-state index contributed by atoms with van der Waals surface area (Å²) in [6.45, 7) is 9.94. The zero-order valence-corrected chi connectivity index (χ0v) is 18.1. The fourth-order valence-electron chi connectivity index (χ4n) is 4.04. The summed E-state index contributed by atoms with van der Waals surface area (Å²) >= 11 is 0. The predicted octanol–water partition coefficient (Wildman–Crippen LogP) is 2.52. The lowest BCUT2D eigenvalue weighted by atomic mass is 9.99. The van der Waals surface area contributed by atoms with Gasteiger partial charge in [-0.3, -0.25) is 9.69 Å². The molecule has 2 aliphatic rings. The van der Waals surface area contributed by atoms with E-state index in [0.29, 0.717) is 37.0 Å². The molecule has 2 saturated heterocycles. The molecule has 2 heterocycles. The van der Waals surface area contributed by atoms with Crippen molar-refractivity contribution in [2.75, 3.05) is 39.3 Å². The number of carbonyl (C=O) groups excluding carboxylic acids is 1. The van der Waals surface area contributed by atoms with Gasteiger partial charge in [0.15, 0.2) is 0 Å². The van der Waals surface area contributed by atoms with Crippen molar-refractivity contribution >= 4 is 15.9 Å². The summed E-state index contributed by atoms with van der Waals surface area (Å²) in [5.41, 5.74) is 1.17. The molecule has 6 nitrogen and oxygen atoms in total. The van der Waals surface area contributed by atoms with Crippen LogP contribution in [-0.4, -0.2) is 73.7 Å². The standard InChI is InChI=1S/C21H33N3O3S/c1-4-17(2)19-7-9-20(10-8-19)28(26,27)24-15-13-22(14-16-24)18(3)21(25)23-11-5-6-12-23/h7-10,17-18H,4-6,11-16H2,1-3H3/t17-,18+/m0/s1. The summed E-state index contributed by atoms with van der Waals surface area (Å²) in [5.74, 6) is 0.601. The fraction of sp³-hybridized carbons (Fsp3) is 0.667. The number of nitrogens with zero attached hydrogens (tertiary/aromatic N) is 3. The molecule has 156 valence electrons. The van der Waals surface area contributed by atoms with Crippen molar-refractivity contribution < 1.29 is 13.2 Å². The van der Waals surface area contributed by atoms with Crippen molar-refractivity contribution in [3.63, 3.8) is 0 Å². The summed E-state index contributed by atoms with van der Waals surface area (Å²) in [7, 11) is -3.48. The van der Waals surface area contributed by atoms with Gasteiger partial charge in [-0.2, -0.15) is 4.31 Å². The smallest absolute Gasteiger partial charge is 0.243 e. The lowest BCUT2D eigenvalue weighted by Crippen LogP contribution is -2.55. The minimum Gasteiger partial charge on any atom is -0.341 e. The minimum atomic E-state index is -3.48. The van der Waals surface area contributed by atoms with E-state index >= 15 is 0 Å². The van der Waals surface area contributed by atoms with Gasteiger partial charge in [0.05, 0.1) is 10.9 Å². The van der Waals surface area contributed by atoms with E-state index < -0.39 is 10.0 Å². The van der Waals surface area contributed by atoms with Crippen LogP contribution in [0.15, 0.2) is 29.2 Å². The summed E-state index contributed by atoms with van der Waals surface area (Å²) < 4.78 is 27.5. The van der Waals surface area contributed by atoms with Crippen LogP contribution in [0.25, 0.3) is 0 Å². The predicted molar refractivity (Wildman–Crippen MR) is 111 cm³/mol. The van der Waals surface area contributed by atoms with E-state index in [4.69, 9.17) is 0 Å². The van der Waals surface area contributed by atoms with Crippen LogP contribution in [0, 0.1) is 0 Å². The maximum atomic E-state index is 13.0. The SMILES string of the molecule is CC[C@H](C)c1ccc(S(=O)(=O)N2CCN([C@H](C)C(=O)N3CCCC3)CC2)cc1. The summed E-state index contributed by atoms with van der Waals surface area (Å²) in [4.78, 5) is 17.0. The molecule has 0 radical (unpaired) electrons. The molecule has 0 spiro atoms. The number of rotatable bonds is 6. The Morgan fingerprint density at radius 3 is 2.07 bits per heavy atom. The molecule has 0 N–H and O–H groups in total. The number of likely N-dealkylation sites (tertiary alicyclic amines) is 1. The third-order valence-electron chi connectivity index (χ3n) is 6.30. The number of hydrogen-bond donors (Lipinski definition) is 0. The van der Waals surface area contributed by atoms with E-state index in [9.17, 15) is 13.2 Å². The molecule has 0 aromatic heterocycles. The first-order valence-corrected chi connectivity index (χ1v) is 11.9. The molecule has 2 atom stereocenters. The monoisotopic (exact) mass is 407 g/mol. The Kier molecular flexibility index (Phi) is 6.78. The second-order valence-corrected chi connectivity index (χ2v) is 9.96. The Morgan fingerprint density at radius 2 is 1.54 bits per heavy atom. The highest BCUT2D eigenvalue weighted by Crippen LogP contribution is 2.23. The molecular formula is C21H33N3O3S. The summed E-state index contributed by atoms with van der Waals surface area (Å²) in [6.07, 6.45) is 3.20. The second-order valence-electron chi connectivity index (χ2n) is 8.03. The first-order chi connectivity index (χ1) is 13.3. The largest absolute Gasteiger partial charge is 0.341 e. The van der Waals surface area contributed by atoms with Crippen molar-refractivity contribution in [1.82, 2.24) is 14.1 Å². The molecule has 3 rings (SSSR count). The number of piperazine rings is 1. The Morgan fingerprint density at radius 1 is 0.964 bits per heavy atom. The van der Waals surface area contributed by atoms with Crippen LogP contribution < -0.4 is 0 Å². The molecule has 28 heavy (non-hydrogen) atoms. The number of benzene rings is 1. The van der Waals surface area contributed by atoms with Gasteiger partial charge >= 0.3 is 0 Å². The normalized spacial score (nSPS) is 21.6. The van der Waals surface area contributed by atoms with E-state index in [1.54, 1.807) is 16.4 Å². The Balaban J connectivity index is 1.61. The highest BCUT2D eigenvalue weighted by molar-refractivity contribution is 7.89. The zero-order chi connectivity index (χ0) is 20.3. The molecule has 0 aliphatic carbocycles. The first kappa shape index (κ1) is 21.3. The molecule has 1 aromatic rings. The topological polar surface area (TPSA) is 60.9 Å². The maximum Gasteiger partial charge on any atom is 0.243 e. The van der Waals surface area contributed by atoms with Gasteiger partial charge in [-0.1, -0.05) is 26.0 Å². The maximum absolute atomic E-state index is 13.0. The molecule has 0 bridgehead atoms. The first-order valence-electron chi connectivity index (χ1n) is 10.5. The summed E-state index contributed by atoms with van der Waals surface area (Å²) in [6, 6.07) is 7.12. The van der Waals surface area contributed by atoms with Crippen molar-refractivity contribution in [2.24, 2.45) is 0 Å². The van der Waals surface area contributed by atoms with Crippen LogP contribution in [0.5, 0.6) is 0 Å². The van der Waals surface area contributed by atoms with Gasteiger partial charge in [-0.05, 0) is 49.8 Å². The lowest BCUT2D eigenvalue weighted by Gasteiger charge is -2.37. The van der Waals surface area contributed by atoms with Crippen molar-refractivity contribution in [3.8, 4) is 0 Å². The number of carbonyl (C=O) groups is 1. The van der Waals surface area contributed by atoms with E-state index in [2.05, 4.69) is 18.7 Å². The van der Waals surface area contributed by atoms with Crippen molar-refractivity contribution in [1.29, 1.82) is 0 Å². The Labute approximate surface area is 169 Å². The second kappa shape index (κ2) is 8.93. The van der Waals surface area contributed by atoms with Crippen LogP contribution in [0.4, 0.5) is 0 Å². The van der Waals surface area contributed by atoms with Gasteiger partial charge in [0.1, 0.15) is 0 Å². The van der Waals surface area contributed by atoms with Crippen molar-refractivity contribution in [2.45, 2.75) is 56.9 Å². The van der Waals surface area contributed by atoms with E-state index in [0.717, 1.165) is 32.4 Å². The molecule has 2 aliphatic heterocycles. The van der Waals surface area contributed by atoms with Gasteiger partial charge in [0.25, 0.3) is 0 Å². The van der Waals surface area contributed by atoms with Crippen LogP contribution in [-0.2, 0) is 14.8 Å². The van der Waals surface area contributed by atoms with Crippen molar-refractivity contribution in [3.05, 3.63) is 29.8 Å². The third-order valence-corrected chi connectivity index (χ3v) is 8.21. The van der Waals surface area contributed by atoms with Crippen LogP contribution in [0.3, 0.4) is 0 Å². The van der Waals surface area contributed by atoms with Gasteiger partial charge in [0, 0.05) is 39.3 Å². The Hall–Kier alpha value is -1.44. The molecule has 1 aromatic carbocycles. The van der Waals surface area contributed by atoms with Gasteiger partial charge < -0.3 is 4.90 Å². The van der Waals surface area contributed by atoms with E-state index in [1.807, 2.05) is 24.0 Å². The summed E-state index contributed by atoms with van der Waals surface area (Å²) in [5, 5.41) is 0. The zero-order valence-electron chi connectivity index (χ0n) is 17.3. The quantitative estimate of drug-likeness (QED) is 0.727. The number of hydrogen-bond acceptors (Lipinski definition) is 4. The Bertz CT molecular complexity index is 765. The van der Waals surface area contributed by atoms with Gasteiger partial charge in [-0.25, -0.2) is 8.42 Å². The molecular weight excluding hydrogens is 374 g/mol. The minimum absolute atomic E-state index is 0.175. The van der Waals surface area contributed by atoms with E-state index in [-0.39, 0.29) is 11.9 Å². The number of sulfonamides is 1. The highest BCUT2D eigenvalue weighted by Gasteiger charge is 2.33. The van der Waals surface area contributed by atoms with Gasteiger partial charge in [-0.15, -0.1) is 0 Å². The van der Waals surface area contributed by atoms with Crippen LogP contribution in [0.2, 0.25) is 0 Å². The van der Waals surface area contributed by atoms with E-state index in [1.165, 1.54) is 5.56 Å². The molecule has 0 unspecified atom stereocenters. The molecule has 7 heteroatoms. The van der Waals surface area contributed by atoms with Crippen LogP contribution in [0.1, 0.15) is 51.5 Å². The number of amides is 1. The average Bonchev–Trinajstić information content (AvgIpc) is 3.27. The third kappa shape index (κ3) is 4.42. The molecule has 0 saturated carbocycles. The fourth-order valence-corrected chi connectivity index (χ4v) is 5.46. The van der Waals surface area contributed by atoms with Crippen LogP contribution >= 0.6 is 0 Å². The average molecular weight is 408 g/mol. The lowest BCUT2D eigenvalue weighted by molar-refractivity contribution is -0.135. The molecule has 1 amide bonds. The highest BCUT2D eigenvalue weighted by atomic mass is 32.2.